The van der Waals surface area contributed by atoms with Crippen LogP contribution in [0.3, 0.4) is 0 Å². The van der Waals surface area contributed by atoms with Crippen LogP contribution in [0.15, 0.2) is 11.4 Å². The summed E-state index contributed by atoms with van der Waals surface area (Å²) in [6, 6.07) is 2.82. The molecule has 0 unspecified atom stereocenters. The van der Waals surface area contributed by atoms with E-state index >= 15 is 0 Å². The van der Waals surface area contributed by atoms with Gasteiger partial charge in [-0.2, -0.15) is 14.0 Å². The third-order valence-electron chi connectivity index (χ3n) is 1.29. The number of aliphatic hydroxyl groups is 1. The van der Waals surface area contributed by atoms with Gasteiger partial charge < -0.3 is 5.11 Å². The molecule has 0 aromatic carbocycles. The molecule has 0 saturated heterocycles. The number of nitrogens with zero attached hydrogens (tertiary/aromatic N) is 1. The van der Waals surface area contributed by atoms with Crippen LogP contribution in [0.5, 0.6) is 0 Å². The molecule has 2 nitrogen and oxygen atoms in total. The zero-order valence-corrected chi connectivity index (χ0v) is 6.74. The van der Waals surface area contributed by atoms with Crippen molar-refractivity contribution >= 4 is 11.3 Å². The summed E-state index contributed by atoms with van der Waals surface area (Å²) >= 11 is 0.773. The highest BCUT2D eigenvalue weighted by molar-refractivity contribution is 7.10. The predicted molar refractivity (Wildman–Crippen MR) is 40.0 cm³/mol. The molecule has 0 radical (unpaired) electrons. The third kappa shape index (κ3) is 1.60. The van der Waals surface area contributed by atoms with Crippen LogP contribution in [0.25, 0.3) is 0 Å². The monoisotopic (exact) mass is 189 g/mol. The third-order valence-corrected chi connectivity index (χ3v) is 2.33. The van der Waals surface area contributed by atoms with E-state index in [1.165, 1.54) is 5.38 Å². The molecule has 0 aliphatic carbocycles. The smallest absolute Gasteiger partial charge is 0.304 e. The van der Waals surface area contributed by atoms with Crippen molar-refractivity contribution in [1.82, 2.24) is 0 Å². The molecule has 1 N–H and O–H groups in total. The maximum Gasteiger partial charge on any atom is 0.304 e. The molecule has 1 aromatic heterocycles. The number of aliphatic hydroxyl groups excluding tert-OH is 1. The Labute approximate surface area is 71.7 Å². The summed E-state index contributed by atoms with van der Waals surface area (Å²) in [6.07, 6.45) is 0. The van der Waals surface area contributed by atoms with Gasteiger partial charge in [-0.3, -0.25) is 0 Å². The highest BCUT2D eigenvalue weighted by atomic mass is 32.1. The Bertz CT molecular complexity index is 315. The molecule has 0 fully saturated rings. The normalized spacial score (nSPS) is 11.2. The molecule has 1 heterocycles. The Morgan fingerprint density at radius 3 is 2.75 bits per heavy atom. The lowest BCUT2D eigenvalue weighted by molar-refractivity contribution is -0.0524. The summed E-state index contributed by atoms with van der Waals surface area (Å²) < 4.78 is 25.4. The number of rotatable bonds is 2. The number of halogens is 2. The summed E-state index contributed by atoms with van der Waals surface area (Å²) in [7, 11) is 0. The highest BCUT2D eigenvalue weighted by Gasteiger charge is 2.32. The Morgan fingerprint density at radius 2 is 2.33 bits per heavy atom. The second kappa shape index (κ2) is 3.17. The second-order valence-electron chi connectivity index (χ2n) is 2.17. The molecule has 0 aliphatic heterocycles. The van der Waals surface area contributed by atoms with Gasteiger partial charge in [0, 0.05) is 5.38 Å². The quantitative estimate of drug-likeness (QED) is 0.769. The van der Waals surface area contributed by atoms with Crippen molar-refractivity contribution in [3.63, 3.8) is 0 Å². The van der Waals surface area contributed by atoms with Gasteiger partial charge in [0.25, 0.3) is 0 Å². The lowest BCUT2D eigenvalue weighted by atomic mass is 10.2. The largest absolute Gasteiger partial charge is 0.390 e. The number of hydrogen-bond acceptors (Lipinski definition) is 3. The van der Waals surface area contributed by atoms with E-state index in [1.807, 2.05) is 0 Å². The maximum atomic E-state index is 12.7. The fraction of sp³-hybridized carbons (Fsp3) is 0.286. The minimum atomic E-state index is -3.22. The van der Waals surface area contributed by atoms with E-state index in [9.17, 15) is 8.78 Å². The average molecular weight is 189 g/mol. The van der Waals surface area contributed by atoms with Gasteiger partial charge in [-0.05, 0) is 6.07 Å². The predicted octanol–water partition coefficient (Wildman–Crippen LogP) is 1.70. The van der Waals surface area contributed by atoms with Crippen molar-refractivity contribution in [1.29, 1.82) is 5.26 Å². The van der Waals surface area contributed by atoms with Gasteiger partial charge in [0.05, 0.1) is 10.4 Å². The first-order chi connectivity index (χ1) is 5.60. The van der Waals surface area contributed by atoms with Crippen molar-refractivity contribution in [2.75, 3.05) is 6.61 Å². The van der Waals surface area contributed by atoms with Crippen LogP contribution in [-0.2, 0) is 5.92 Å². The van der Waals surface area contributed by atoms with Gasteiger partial charge in [-0.25, -0.2) is 0 Å². The van der Waals surface area contributed by atoms with Crippen molar-refractivity contribution in [2.24, 2.45) is 0 Å². The van der Waals surface area contributed by atoms with Crippen LogP contribution in [0.1, 0.15) is 10.4 Å². The number of alkyl halides is 2. The maximum absolute atomic E-state index is 12.7. The lowest BCUT2D eigenvalue weighted by Crippen LogP contribution is -2.16. The lowest BCUT2D eigenvalue weighted by Gasteiger charge is -2.09. The topological polar surface area (TPSA) is 44.0 Å². The molecule has 64 valence electrons. The summed E-state index contributed by atoms with van der Waals surface area (Å²) in [5.74, 6) is -3.22. The molecule has 0 spiro atoms. The summed E-state index contributed by atoms with van der Waals surface area (Å²) in [6.45, 7) is -1.22. The fourth-order valence-corrected chi connectivity index (χ4v) is 1.47. The standard InChI is InChI=1S/C7H5F2NOS/c8-7(9,4-11)6-1-5(2-10)3-12-6/h1,3,11H,4H2. The molecule has 1 rings (SSSR count). The zero-order valence-electron chi connectivity index (χ0n) is 5.92. The number of nitriles is 1. The van der Waals surface area contributed by atoms with Gasteiger partial charge >= 0.3 is 5.92 Å². The van der Waals surface area contributed by atoms with E-state index in [0.29, 0.717) is 0 Å². The van der Waals surface area contributed by atoms with Crippen LogP contribution in [0.2, 0.25) is 0 Å². The minimum Gasteiger partial charge on any atom is -0.390 e. The average Bonchev–Trinajstić information content (AvgIpc) is 2.52. The van der Waals surface area contributed by atoms with Crippen molar-refractivity contribution in [2.45, 2.75) is 5.92 Å². The Hall–Kier alpha value is -0.990. The second-order valence-corrected chi connectivity index (χ2v) is 3.09. The molecule has 0 aliphatic rings. The molecular weight excluding hydrogens is 184 g/mol. The van der Waals surface area contributed by atoms with Gasteiger partial charge in [0.2, 0.25) is 0 Å². The molecule has 1 aromatic rings. The van der Waals surface area contributed by atoms with E-state index in [4.69, 9.17) is 10.4 Å². The molecular formula is C7H5F2NOS. The SMILES string of the molecule is N#Cc1csc(C(F)(F)CO)c1. The van der Waals surface area contributed by atoms with E-state index in [2.05, 4.69) is 0 Å². The van der Waals surface area contributed by atoms with E-state index in [-0.39, 0.29) is 10.4 Å². The number of hydrogen-bond donors (Lipinski definition) is 1. The van der Waals surface area contributed by atoms with Crippen molar-refractivity contribution in [3.05, 3.63) is 21.9 Å². The number of thiophene rings is 1. The zero-order chi connectivity index (χ0) is 9.19. The molecule has 0 saturated carbocycles. The van der Waals surface area contributed by atoms with Gasteiger partial charge in [0.15, 0.2) is 0 Å². The summed E-state index contributed by atoms with van der Waals surface area (Å²) in [5, 5.41) is 18.0. The Kier molecular flexibility index (Phi) is 2.40. The van der Waals surface area contributed by atoms with Crippen LogP contribution >= 0.6 is 11.3 Å². The fourth-order valence-electron chi connectivity index (χ4n) is 0.665. The van der Waals surface area contributed by atoms with Crippen LogP contribution < -0.4 is 0 Å². The van der Waals surface area contributed by atoms with E-state index < -0.39 is 12.5 Å². The van der Waals surface area contributed by atoms with E-state index in [1.54, 1.807) is 6.07 Å². The Morgan fingerprint density at radius 1 is 1.67 bits per heavy atom. The first kappa shape index (κ1) is 9.10. The summed E-state index contributed by atoms with van der Waals surface area (Å²) in [5.41, 5.74) is 0.197. The molecule has 0 bridgehead atoms. The molecule has 0 atom stereocenters. The van der Waals surface area contributed by atoms with Gasteiger partial charge in [-0.1, -0.05) is 0 Å². The van der Waals surface area contributed by atoms with E-state index in [0.717, 1.165) is 17.4 Å². The Balaban J connectivity index is 2.98. The van der Waals surface area contributed by atoms with Gasteiger partial charge in [0.1, 0.15) is 12.7 Å². The molecule has 0 amide bonds. The first-order valence-corrected chi connectivity index (χ1v) is 3.96. The first-order valence-electron chi connectivity index (χ1n) is 3.08. The van der Waals surface area contributed by atoms with Crippen LogP contribution in [-0.4, -0.2) is 11.7 Å². The van der Waals surface area contributed by atoms with Crippen molar-refractivity contribution < 1.29 is 13.9 Å². The summed E-state index contributed by atoms with van der Waals surface area (Å²) in [4.78, 5) is -0.276. The highest BCUT2D eigenvalue weighted by Crippen LogP contribution is 2.32. The molecule has 5 heteroatoms. The van der Waals surface area contributed by atoms with Crippen LogP contribution in [0, 0.1) is 11.3 Å². The van der Waals surface area contributed by atoms with Crippen molar-refractivity contribution in [3.8, 4) is 6.07 Å². The van der Waals surface area contributed by atoms with Gasteiger partial charge in [-0.15, -0.1) is 11.3 Å². The molecule has 12 heavy (non-hydrogen) atoms. The minimum absolute atomic E-state index is 0.197. The van der Waals surface area contributed by atoms with Crippen LogP contribution in [0.4, 0.5) is 8.78 Å².